The Morgan fingerprint density at radius 3 is 2.14 bits per heavy atom. The molecule has 0 aliphatic carbocycles. The van der Waals surface area contributed by atoms with Crippen molar-refractivity contribution in [1.29, 1.82) is 0 Å². The van der Waals surface area contributed by atoms with Crippen LogP contribution in [0.2, 0.25) is 0 Å². The number of ether oxygens (including phenoxy) is 2. The molecule has 5 nitrogen and oxygen atoms in total. The molecule has 178 valence electrons. The zero-order valence-corrected chi connectivity index (χ0v) is 20.4. The lowest BCUT2D eigenvalue weighted by Gasteiger charge is -2.12. The fourth-order valence-corrected chi connectivity index (χ4v) is 3.87. The lowest BCUT2D eigenvalue weighted by Crippen LogP contribution is -2.12. The van der Waals surface area contributed by atoms with Gasteiger partial charge in [-0.25, -0.2) is 4.98 Å². The van der Waals surface area contributed by atoms with Gasteiger partial charge in [-0.2, -0.15) is 0 Å². The van der Waals surface area contributed by atoms with Crippen molar-refractivity contribution in [1.82, 2.24) is 9.97 Å². The lowest BCUT2D eigenvalue weighted by molar-refractivity contribution is -0.117. The number of methoxy groups -OCH3 is 1. The minimum Gasteiger partial charge on any atom is -0.497 e. The van der Waals surface area contributed by atoms with Crippen LogP contribution in [-0.2, 0) is 24.1 Å². The van der Waals surface area contributed by atoms with Crippen molar-refractivity contribution in [2.24, 2.45) is 0 Å². The van der Waals surface area contributed by atoms with Gasteiger partial charge in [0.2, 0.25) is 0 Å². The third-order valence-corrected chi connectivity index (χ3v) is 5.59. The van der Waals surface area contributed by atoms with Gasteiger partial charge in [-0.15, -0.1) is 0 Å². The number of rotatable bonds is 10. The molecule has 1 aromatic heterocycles. The minimum atomic E-state index is 0.0988. The largest absolute Gasteiger partial charge is 0.497 e. The highest BCUT2D eigenvalue weighted by molar-refractivity contribution is 5.83. The first kappa shape index (κ1) is 24.1. The van der Waals surface area contributed by atoms with E-state index in [0.717, 1.165) is 45.3 Å². The molecule has 0 radical (unpaired) electrons. The highest BCUT2D eigenvalue weighted by Gasteiger charge is 2.15. The van der Waals surface area contributed by atoms with Gasteiger partial charge < -0.3 is 9.47 Å². The fraction of sp³-hybridized carbons (Fsp3) is 0.233. The van der Waals surface area contributed by atoms with Crippen LogP contribution >= 0.6 is 0 Å². The van der Waals surface area contributed by atoms with Crippen LogP contribution in [0.4, 0.5) is 0 Å². The number of carbonyl (C=O) groups excluding carboxylic acids is 1. The number of hydrogen-bond donors (Lipinski definition) is 0. The molecule has 0 spiro atoms. The monoisotopic (exact) mass is 466 g/mol. The van der Waals surface area contributed by atoms with Gasteiger partial charge in [-0.05, 0) is 61.4 Å². The maximum absolute atomic E-state index is 12.9. The number of hydrogen-bond acceptors (Lipinski definition) is 5. The molecular formula is C30H30N2O3. The van der Waals surface area contributed by atoms with E-state index in [9.17, 15) is 4.79 Å². The SMILES string of the molecule is COc1ccc(CC(=O)Cc2ncc(-c3ccc(OC(C)C)cc3)nc2Cc2ccccc2)cc1. The second kappa shape index (κ2) is 11.4. The smallest absolute Gasteiger partial charge is 0.143 e. The number of carbonyl (C=O) groups is 1. The van der Waals surface area contributed by atoms with Gasteiger partial charge in [0.15, 0.2) is 0 Å². The number of Topliss-reactive ketones (excluding diaryl/α,β-unsaturated/α-hetero) is 1. The Bertz CT molecular complexity index is 1250. The molecule has 0 bridgehead atoms. The number of ketones is 1. The summed E-state index contributed by atoms with van der Waals surface area (Å²) in [5, 5.41) is 0. The first-order valence-electron chi connectivity index (χ1n) is 11.8. The summed E-state index contributed by atoms with van der Waals surface area (Å²) >= 11 is 0. The molecule has 0 saturated heterocycles. The van der Waals surface area contributed by atoms with Gasteiger partial charge in [0.1, 0.15) is 17.3 Å². The van der Waals surface area contributed by atoms with Gasteiger partial charge in [0.25, 0.3) is 0 Å². The third kappa shape index (κ3) is 6.76. The van der Waals surface area contributed by atoms with E-state index >= 15 is 0 Å². The van der Waals surface area contributed by atoms with Gasteiger partial charge >= 0.3 is 0 Å². The van der Waals surface area contributed by atoms with Crippen LogP contribution in [0.15, 0.2) is 85.1 Å². The molecule has 4 aromatic rings. The van der Waals surface area contributed by atoms with Crippen LogP contribution in [-0.4, -0.2) is 29.0 Å². The van der Waals surface area contributed by atoms with Gasteiger partial charge in [0.05, 0.1) is 42.9 Å². The molecule has 0 amide bonds. The van der Waals surface area contributed by atoms with E-state index in [1.165, 1.54) is 0 Å². The zero-order valence-electron chi connectivity index (χ0n) is 20.4. The second-order valence-electron chi connectivity index (χ2n) is 8.74. The van der Waals surface area contributed by atoms with Crippen molar-refractivity contribution in [2.45, 2.75) is 39.2 Å². The molecule has 0 atom stereocenters. The molecule has 4 rings (SSSR count). The van der Waals surface area contributed by atoms with E-state index in [4.69, 9.17) is 19.4 Å². The van der Waals surface area contributed by atoms with E-state index in [-0.39, 0.29) is 18.3 Å². The molecule has 0 N–H and O–H groups in total. The lowest BCUT2D eigenvalue weighted by atomic mass is 10.0. The molecule has 0 aliphatic rings. The molecule has 0 fully saturated rings. The zero-order chi connectivity index (χ0) is 24.6. The highest BCUT2D eigenvalue weighted by atomic mass is 16.5. The van der Waals surface area contributed by atoms with Crippen LogP contribution in [0.5, 0.6) is 11.5 Å². The van der Waals surface area contributed by atoms with Crippen LogP contribution < -0.4 is 9.47 Å². The number of benzene rings is 3. The summed E-state index contributed by atoms with van der Waals surface area (Å²) in [4.78, 5) is 22.5. The molecule has 0 unspecified atom stereocenters. The van der Waals surface area contributed by atoms with E-state index in [1.807, 2.05) is 80.6 Å². The average Bonchev–Trinajstić information content (AvgIpc) is 2.86. The van der Waals surface area contributed by atoms with Crippen molar-refractivity contribution < 1.29 is 14.3 Å². The Morgan fingerprint density at radius 1 is 0.800 bits per heavy atom. The summed E-state index contributed by atoms with van der Waals surface area (Å²) < 4.78 is 11.0. The molecule has 5 heteroatoms. The minimum absolute atomic E-state index is 0.0988. The Hall–Kier alpha value is -3.99. The maximum atomic E-state index is 12.9. The Kier molecular flexibility index (Phi) is 7.88. The maximum Gasteiger partial charge on any atom is 0.143 e. The molecule has 1 heterocycles. The third-order valence-electron chi connectivity index (χ3n) is 5.59. The Balaban J connectivity index is 1.57. The van der Waals surface area contributed by atoms with Crippen molar-refractivity contribution in [2.75, 3.05) is 7.11 Å². The quantitative estimate of drug-likeness (QED) is 0.292. The Morgan fingerprint density at radius 2 is 1.49 bits per heavy atom. The van der Waals surface area contributed by atoms with Crippen LogP contribution in [0, 0.1) is 0 Å². The van der Waals surface area contributed by atoms with Crippen molar-refractivity contribution in [3.8, 4) is 22.8 Å². The first-order chi connectivity index (χ1) is 17.0. The predicted molar refractivity (Wildman–Crippen MR) is 138 cm³/mol. The average molecular weight is 467 g/mol. The summed E-state index contributed by atoms with van der Waals surface area (Å²) in [6.07, 6.45) is 3.07. The molecule has 35 heavy (non-hydrogen) atoms. The highest BCUT2D eigenvalue weighted by Crippen LogP contribution is 2.23. The number of aromatic nitrogens is 2. The van der Waals surface area contributed by atoms with Crippen molar-refractivity contribution in [3.63, 3.8) is 0 Å². The molecule has 3 aromatic carbocycles. The predicted octanol–water partition coefficient (Wildman–Crippen LogP) is 5.88. The van der Waals surface area contributed by atoms with Gasteiger partial charge in [0, 0.05) is 18.4 Å². The van der Waals surface area contributed by atoms with Crippen molar-refractivity contribution in [3.05, 3.63) is 108 Å². The standard InChI is InChI=1S/C30H30N2O3/c1-21(2)35-27-15-11-24(12-16-27)30-20-31-28(29(32-30)18-22-7-5-4-6-8-22)19-25(33)17-23-9-13-26(34-3)14-10-23/h4-16,20-21H,17-19H2,1-3H3. The second-order valence-corrected chi connectivity index (χ2v) is 8.74. The van der Waals surface area contributed by atoms with Gasteiger partial charge in [-0.3, -0.25) is 9.78 Å². The summed E-state index contributed by atoms with van der Waals surface area (Å²) in [5.74, 6) is 1.69. The van der Waals surface area contributed by atoms with E-state index in [2.05, 4.69) is 12.1 Å². The summed E-state index contributed by atoms with van der Waals surface area (Å²) in [5.41, 5.74) is 5.35. The normalized spacial score (nSPS) is 10.9. The van der Waals surface area contributed by atoms with Crippen molar-refractivity contribution >= 4 is 5.78 Å². The summed E-state index contributed by atoms with van der Waals surface area (Å²) in [6.45, 7) is 4.01. The first-order valence-corrected chi connectivity index (χ1v) is 11.8. The van der Waals surface area contributed by atoms with E-state index in [0.29, 0.717) is 12.8 Å². The topological polar surface area (TPSA) is 61.3 Å². The fourth-order valence-electron chi connectivity index (χ4n) is 3.87. The van der Waals surface area contributed by atoms with Crippen LogP contribution in [0.3, 0.4) is 0 Å². The molecule has 0 aliphatic heterocycles. The molecular weight excluding hydrogens is 436 g/mol. The van der Waals surface area contributed by atoms with E-state index < -0.39 is 0 Å². The van der Waals surface area contributed by atoms with Gasteiger partial charge in [-0.1, -0.05) is 42.5 Å². The van der Waals surface area contributed by atoms with Crippen LogP contribution in [0.25, 0.3) is 11.3 Å². The van der Waals surface area contributed by atoms with E-state index in [1.54, 1.807) is 13.3 Å². The number of nitrogens with zero attached hydrogens (tertiary/aromatic N) is 2. The molecule has 0 saturated carbocycles. The van der Waals surface area contributed by atoms with Crippen LogP contribution in [0.1, 0.15) is 36.4 Å². The summed E-state index contributed by atoms with van der Waals surface area (Å²) in [6, 6.07) is 25.6. The Labute approximate surface area is 206 Å². The summed E-state index contributed by atoms with van der Waals surface area (Å²) in [7, 11) is 1.63.